The Kier molecular flexibility index (Phi) is 4.64. The van der Waals surface area contributed by atoms with Crippen LogP contribution in [0.1, 0.15) is 12.5 Å². The lowest BCUT2D eigenvalue weighted by molar-refractivity contribution is 1.06. The first-order valence-corrected chi connectivity index (χ1v) is 5.69. The molecule has 0 aliphatic heterocycles. The average Bonchev–Trinajstić information content (AvgIpc) is 2.18. The Balaban J connectivity index is 2.66. The molecule has 0 bridgehead atoms. The van der Waals surface area contributed by atoms with Gasteiger partial charge in [-0.1, -0.05) is 19.1 Å². The second kappa shape index (κ2) is 5.53. The molecule has 1 nitrogen and oxygen atoms in total. The maximum atomic E-state index is 5.73. The van der Waals surface area contributed by atoms with Gasteiger partial charge in [0.15, 0.2) is 0 Å². The summed E-state index contributed by atoms with van der Waals surface area (Å²) in [5, 5.41) is 0.453. The minimum atomic E-state index is 0.453. The van der Waals surface area contributed by atoms with Crippen molar-refractivity contribution in [1.82, 2.24) is 0 Å². The second-order valence-corrected chi connectivity index (χ2v) is 4.75. The lowest BCUT2D eigenvalue weighted by atomic mass is 10.2. The second-order valence-electron chi connectivity index (χ2n) is 2.93. The van der Waals surface area contributed by atoms with Crippen LogP contribution >= 0.6 is 23.4 Å². The van der Waals surface area contributed by atoms with Crippen LogP contribution in [0.2, 0.25) is 0 Å². The van der Waals surface area contributed by atoms with E-state index >= 15 is 0 Å². The Bertz CT molecular complexity index is 265. The average molecular weight is 216 g/mol. The third kappa shape index (κ3) is 3.59. The van der Waals surface area contributed by atoms with Gasteiger partial charge in [0, 0.05) is 22.6 Å². The summed E-state index contributed by atoms with van der Waals surface area (Å²) >= 11 is 7.52. The molecule has 0 saturated carbocycles. The van der Waals surface area contributed by atoms with Crippen LogP contribution < -0.4 is 5.73 Å². The molecule has 1 aromatic rings. The maximum absolute atomic E-state index is 5.73. The molecule has 0 aliphatic carbocycles. The lowest BCUT2D eigenvalue weighted by Crippen LogP contribution is -1.98. The van der Waals surface area contributed by atoms with Crippen molar-refractivity contribution in [2.45, 2.75) is 23.6 Å². The van der Waals surface area contributed by atoms with E-state index in [1.165, 1.54) is 10.5 Å². The number of nitrogens with two attached hydrogens (primary N) is 1. The van der Waals surface area contributed by atoms with Gasteiger partial charge in [-0.3, -0.25) is 0 Å². The largest absolute Gasteiger partial charge is 0.326 e. The van der Waals surface area contributed by atoms with Crippen molar-refractivity contribution in [3.63, 3.8) is 0 Å². The molecule has 1 rings (SSSR count). The van der Waals surface area contributed by atoms with Gasteiger partial charge in [0.1, 0.15) is 0 Å². The highest BCUT2D eigenvalue weighted by Crippen LogP contribution is 2.24. The quantitative estimate of drug-likeness (QED) is 0.618. The molecule has 2 N–H and O–H groups in total. The molecule has 1 atom stereocenters. The van der Waals surface area contributed by atoms with Crippen molar-refractivity contribution < 1.29 is 0 Å². The van der Waals surface area contributed by atoms with E-state index < -0.39 is 0 Å². The molecule has 13 heavy (non-hydrogen) atoms. The van der Waals surface area contributed by atoms with E-state index in [0.29, 0.717) is 17.7 Å². The van der Waals surface area contributed by atoms with Crippen LogP contribution in [-0.2, 0) is 6.54 Å². The van der Waals surface area contributed by atoms with Gasteiger partial charge in [-0.25, -0.2) is 0 Å². The van der Waals surface area contributed by atoms with Crippen LogP contribution in [0, 0.1) is 0 Å². The zero-order chi connectivity index (χ0) is 9.68. The van der Waals surface area contributed by atoms with Crippen LogP contribution in [-0.4, -0.2) is 11.1 Å². The molecular weight excluding hydrogens is 202 g/mol. The molecule has 0 spiro atoms. The maximum Gasteiger partial charge on any atom is 0.0343 e. The third-order valence-electron chi connectivity index (χ3n) is 1.69. The molecule has 0 saturated heterocycles. The molecule has 3 heteroatoms. The Hall–Kier alpha value is -0.180. The van der Waals surface area contributed by atoms with Gasteiger partial charge >= 0.3 is 0 Å². The number of rotatable bonds is 4. The van der Waals surface area contributed by atoms with Crippen LogP contribution in [0.4, 0.5) is 0 Å². The smallest absolute Gasteiger partial charge is 0.0343 e. The molecule has 1 aromatic carbocycles. The molecule has 0 heterocycles. The third-order valence-corrected chi connectivity index (χ3v) is 3.43. The molecule has 0 radical (unpaired) electrons. The summed E-state index contributed by atoms with van der Waals surface area (Å²) in [6, 6.07) is 8.28. The number of halogens is 1. The molecule has 0 fully saturated rings. The van der Waals surface area contributed by atoms with Crippen LogP contribution in [0.3, 0.4) is 0 Å². The Morgan fingerprint density at radius 3 is 2.92 bits per heavy atom. The fraction of sp³-hybridized carbons (Fsp3) is 0.400. The SMILES string of the molecule is CC(CCl)Sc1cccc(CN)c1. The molecular formula is C10H14ClNS. The minimum Gasteiger partial charge on any atom is -0.326 e. The summed E-state index contributed by atoms with van der Waals surface area (Å²) < 4.78 is 0. The van der Waals surface area contributed by atoms with Crippen LogP contribution in [0.25, 0.3) is 0 Å². The molecule has 0 aromatic heterocycles. The highest BCUT2D eigenvalue weighted by Gasteiger charge is 2.02. The molecule has 1 unspecified atom stereocenters. The van der Waals surface area contributed by atoms with Crippen molar-refractivity contribution in [2.75, 3.05) is 5.88 Å². The first-order valence-electron chi connectivity index (χ1n) is 4.28. The van der Waals surface area contributed by atoms with Crippen molar-refractivity contribution in [1.29, 1.82) is 0 Å². The Morgan fingerprint density at radius 2 is 2.31 bits per heavy atom. The van der Waals surface area contributed by atoms with Gasteiger partial charge in [0.05, 0.1) is 0 Å². The topological polar surface area (TPSA) is 26.0 Å². The number of hydrogen-bond donors (Lipinski definition) is 1. The van der Waals surface area contributed by atoms with Gasteiger partial charge in [-0.15, -0.1) is 23.4 Å². The monoisotopic (exact) mass is 215 g/mol. The van der Waals surface area contributed by atoms with E-state index in [9.17, 15) is 0 Å². The first kappa shape index (κ1) is 10.9. The highest BCUT2D eigenvalue weighted by molar-refractivity contribution is 8.00. The molecule has 0 aliphatic rings. The van der Waals surface area contributed by atoms with E-state index in [2.05, 4.69) is 19.1 Å². The fourth-order valence-corrected chi connectivity index (χ4v) is 2.10. The van der Waals surface area contributed by atoms with Crippen LogP contribution in [0.15, 0.2) is 29.2 Å². The van der Waals surface area contributed by atoms with Crippen molar-refractivity contribution in [2.24, 2.45) is 5.73 Å². The Morgan fingerprint density at radius 1 is 1.54 bits per heavy atom. The van der Waals surface area contributed by atoms with E-state index in [4.69, 9.17) is 17.3 Å². The van der Waals surface area contributed by atoms with E-state index in [-0.39, 0.29) is 0 Å². The van der Waals surface area contributed by atoms with Gasteiger partial charge in [-0.2, -0.15) is 0 Å². The highest BCUT2D eigenvalue weighted by atomic mass is 35.5. The first-order chi connectivity index (χ1) is 6.26. The summed E-state index contributed by atoms with van der Waals surface area (Å²) in [5.74, 6) is 0.678. The predicted molar refractivity (Wildman–Crippen MR) is 60.4 cm³/mol. The summed E-state index contributed by atoms with van der Waals surface area (Å²) in [7, 11) is 0. The predicted octanol–water partition coefficient (Wildman–Crippen LogP) is 2.86. The van der Waals surface area contributed by atoms with Gasteiger partial charge < -0.3 is 5.73 Å². The summed E-state index contributed by atoms with van der Waals surface area (Å²) in [5.41, 5.74) is 6.72. The van der Waals surface area contributed by atoms with E-state index in [1.807, 2.05) is 12.1 Å². The summed E-state index contributed by atoms with van der Waals surface area (Å²) in [4.78, 5) is 1.25. The van der Waals surface area contributed by atoms with Gasteiger partial charge in [0.2, 0.25) is 0 Å². The normalized spacial score (nSPS) is 12.8. The standard InChI is InChI=1S/C10H14ClNS/c1-8(6-11)13-10-4-2-3-9(5-10)7-12/h2-5,8H,6-7,12H2,1H3. The number of thioether (sulfide) groups is 1. The van der Waals surface area contributed by atoms with Crippen LogP contribution in [0.5, 0.6) is 0 Å². The minimum absolute atomic E-state index is 0.453. The Labute approximate surface area is 88.7 Å². The summed E-state index contributed by atoms with van der Waals surface area (Å²) in [6.45, 7) is 2.72. The zero-order valence-electron chi connectivity index (χ0n) is 7.66. The van der Waals surface area contributed by atoms with Crippen molar-refractivity contribution in [3.8, 4) is 0 Å². The van der Waals surface area contributed by atoms with E-state index in [1.54, 1.807) is 11.8 Å². The van der Waals surface area contributed by atoms with E-state index in [0.717, 1.165) is 0 Å². The molecule has 0 amide bonds. The number of benzene rings is 1. The zero-order valence-corrected chi connectivity index (χ0v) is 9.24. The van der Waals surface area contributed by atoms with Gasteiger partial charge in [-0.05, 0) is 17.7 Å². The number of hydrogen-bond acceptors (Lipinski definition) is 2. The van der Waals surface area contributed by atoms with Crippen molar-refractivity contribution >= 4 is 23.4 Å². The molecule has 72 valence electrons. The fourth-order valence-electron chi connectivity index (χ4n) is 1.01. The van der Waals surface area contributed by atoms with Gasteiger partial charge in [0.25, 0.3) is 0 Å². The summed E-state index contributed by atoms with van der Waals surface area (Å²) in [6.07, 6.45) is 0. The number of alkyl halides is 1. The lowest BCUT2D eigenvalue weighted by Gasteiger charge is -2.07. The van der Waals surface area contributed by atoms with Crippen molar-refractivity contribution in [3.05, 3.63) is 29.8 Å².